The van der Waals surface area contributed by atoms with Crippen molar-refractivity contribution < 1.29 is 5.11 Å². The molecule has 1 nitrogen and oxygen atoms in total. The van der Waals surface area contributed by atoms with Crippen molar-refractivity contribution >= 4 is 11.8 Å². The lowest BCUT2D eigenvalue weighted by Crippen LogP contribution is -1.93. The highest BCUT2D eigenvalue weighted by Crippen LogP contribution is 2.54. The summed E-state index contributed by atoms with van der Waals surface area (Å²) in [5.74, 6) is 0. The Bertz CT molecular complexity index is 235. The number of aliphatic hydroxyl groups is 1. The second-order valence-electron chi connectivity index (χ2n) is 2.69. The maximum atomic E-state index is 8.82. The van der Waals surface area contributed by atoms with Gasteiger partial charge in [-0.15, -0.1) is 11.8 Å². The van der Waals surface area contributed by atoms with Crippen molar-refractivity contribution in [2.75, 3.05) is 6.61 Å². The van der Waals surface area contributed by atoms with Gasteiger partial charge in [0.05, 0.1) is 6.61 Å². The molecule has 1 aromatic carbocycles. The molecule has 2 atom stereocenters. The third kappa shape index (κ3) is 1.42. The smallest absolute Gasteiger partial charge is 0.0564 e. The van der Waals surface area contributed by atoms with Gasteiger partial charge in [0.25, 0.3) is 0 Å². The number of thioether (sulfide) groups is 1. The Morgan fingerprint density at radius 2 is 2.00 bits per heavy atom. The first-order valence-electron chi connectivity index (χ1n) is 3.73. The summed E-state index contributed by atoms with van der Waals surface area (Å²) in [5, 5.41) is 9.83. The first kappa shape index (κ1) is 7.19. The molecule has 0 saturated carbocycles. The van der Waals surface area contributed by atoms with Gasteiger partial charge in [-0.3, -0.25) is 0 Å². The minimum absolute atomic E-state index is 0.310. The Morgan fingerprint density at radius 1 is 1.27 bits per heavy atom. The van der Waals surface area contributed by atoms with Gasteiger partial charge in [0.1, 0.15) is 0 Å². The lowest BCUT2D eigenvalue weighted by atomic mass is 10.1. The predicted molar refractivity (Wildman–Crippen MR) is 47.6 cm³/mol. The monoisotopic (exact) mass is 166 g/mol. The average Bonchev–Trinajstić information content (AvgIpc) is 2.85. The number of rotatable bonds is 2. The Morgan fingerprint density at radius 3 is 2.55 bits per heavy atom. The Kier molecular flexibility index (Phi) is 1.88. The summed E-state index contributed by atoms with van der Waals surface area (Å²) < 4.78 is 0. The van der Waals surface area contributed by atoms with Crippen LogP contribution in [-0.4, -0.2) is 17.0 Å². The normalized spacial score (nSPS) is 28.5. The quantitative estimate of drug-likeness (QED) is 0.676. The summed E-state index contributed by atoms with van der Waals surface area (Å²) in [7, 11) is 0. The van der Waals surface area contributed by atoms with E-state index in [9.17, 15) is 0 Å². The van der Waals surface area contributed by atoms with E-state index in [1.165, 1.54) is 5.56 Å². The van der Waals surface area contributed by atoms with Crippen LogP contribution in [0.1, 0.15) is 10.8 Å². The van der Waals surface area contributed by atoms with Gasteiger partial charge in [-0.25, -0.2) is 0 Å². The summed E-state index contributed by atoms with van der Waals surface area (Å²) >= 11 is 1.84. The van der Waals surface area contributed by atoms with Crippen LogP contribution in [0.3, 0.4) is 0 Å². The molecule has 0 aliphatic carbocycles. The third-order valence-corrected chi connectivity index (χ3v) is 3.24. The Hall–Kier alpha value is -0.470. The van der Waals surface area contributed by atoms with Gasteiger partial charge in [0.15, 0.2) is 0 Å². The number of hydrogen-bond acceptors (Lipinski definition) is 2. The molecular formula is C9H10OS. The molecule has 11 heavy (non-hydrogen) atoms. The zero-order valence-electron chi connectivity index (χ0n) is 6.10. The van der Waals surface area contributed by atoms with Gasteiger partial charge in [-0.2, -0.15) is 0 Å². The fraction of sp³-hybridized carbons (Fsp3) is 0.333. The maximum absolute atomic E-state index is 8.82. The highest BCUT2D eigenvalue weighted by molar-refractivity contribution is 8.07. The summed E-state index contributed by atoms with van der Waals surface area (Å²) in [4.78, 5) is 0. The average molecular weight is 166 g/mol. The lowest BCUT2D eigenvalue weighted by molar-refractivity contribution is 0.302. The van der Waals surface area contributed by atoms with E-state index in [1.54, 1.807) is 0 Å². The van der Waals surface area contributed by atoms with Crippen LogP contribution in [-0.2, 0) is 0 Å². The fourth-order valence-corrected chi connectivity index (χ4v) is 2.15. The molecule has 0 aromatic heterocycles. The van der Waals surface area contributed by atoms with E-state index in [1.807, 2.05) is 30.0 Å². The van der Waals surface area contributed by atoms with Gasteiger partial charge in [0.2, 0.25) is 0 Å². The maximum Gasteiger partial charge on any atom is 0.0564 e. The van der Waals surface area contributed by atoms with Crippen LogP contribution in [0.25, 0.3) is 0 Å². The van der Waals surface area contributed by atoms with Crippen LogP contribution < -0.4 is 0 Å². The second-order valence-corrected chi connectivity index (χ2v) is 4.07. The van der Waals surface area contributed by atoms with E-state index in [4.69, 9.17) is 5.11 Å². The van der Waals surface area contributed by atoms with E-state index in [2.05, 4.69) is 12.1 Å². The van der Waals surface area contributed by atoms with Crippen molar-refractivity contribution in [3.05, 3.63) is 35.9 Å². The van der Waals surface area contributed by atoms with Crippen LogP contribution in [0, 0.1) is 0 Å². The van der Waals surface area contributed by atoms with Crippen molar-refractivity contribution in [3.63, 3.8) is 0 Å². The van der Waals surface area contributed by atoms with Crippen molar-refractivity contribution in [3.8, 4) is 0 Å². The molecule has 2 rings (SSSR count). The van der Waals surface area contributed by atoms with E-state index in [0.29, 0.717) is 17.1 Å². The molecule has 58 valence electrons. The Labute approximate surface area is 70.4 Å². The third-order valence-electron chi connectivity index (χ3n) is 1.89. The molecule has 1 aliphatic heterocycles. The molecule has 1 fully saturated rings. The highest BCUT2D eigenvalue weighted by atomic mass is 32.2. The van der Waals surface area contributed by atoms with Crippen LogP contribution in [0.4, 0.5) is 0 Å². The summed E-state index contributed by atoms with van der Waals surface area (Å²) in [6.45, 7) is 0.310. The molecule has 1 heterocycles. The van der Waals surface area contributed by atoms with Gasteiger partial charge in [-0.05, 0) is 5.56 Å². The molecule has 1 aromatic rings. The SMILES string of the molecule is OC[C@@H]1S[C@H]1c1ccccc1. The molecule has 0 spiro atoms. The fourth-order valence-electron chi connectivity index (χ4n) is 1.22. The first-order chi connectivity index (χ1) is 5.42. The number of aliphatic hydroxyl groups excluding tert-OH is 1. The first-order valence-corrected chi connectivity index (χ1v) is 4.67. The molecule has 0 radical (unpaired) electrons. The highest BCUT2D eigenvalue weighted by Gasteiger charge is 2.38. The van der Waals surface area contributed by atoms with Gasteiger partial charge >= 0.3 is 0 Å². The van der Waals surface area contributed by atoms with E-state index in [-0.39, 0.29) is 0 Å². The molecule has 0 unspecified atom stereocenters. The minimum atomic E-state index is 0.310. The van der Waals surface area contributed by atoms with Crippen molar-refractivity contribution in [2.45, 2.75) is 10.5 Å². The van der Waals surface area contributed by atoms with Crippen molar-refractivity contribution in [1.82, 2.24) is 0 Å². The van der Waals surface area contributed by atoms with Gasteiger partial charge in [0, 0.05) is 10.5 Å². The zero-order valence-corrected chi connectivity index (χ0v) is 6.92. The zero-order chi connectivity index (χ0) is 7.68. The summed E-state index contributed by atoms with van der Waals surface area (Å²) in [6.07, 6.45) is 0. The topological polar surface area (TPSA) is 20.2 Å². The Balaban J connectivity index is 2.09. The van der Waals surface area contributed by atoms with Gasteiger partial charge in [-0.1, -0.05) is 30.3 Å². The molecule has 1 aliphatic rings. The molecule has 2 heteroatoms. The van der Waals surface area contributed by atoms with Crippen LogP contribution in [0.5, 0.6) is 0 Å². The van der Waals surface area contributed by atoms with Crippen molar-refractivity contribution in [2.24, 2.45) is 0 Å². The van der Waals surface area contributed by atoms with E-state index < -0.39 is 0 Å². The minimum Gasteiger partial charge on any atom is -0.395 e. The number of benzene rings is 1. The van der Waals surface area contributed by atoms with Crippen LogP contribution >= 0.6 is 11.8 Å². The molecule has 0 amide bonds. The molecular weight excluding hydrogens is 156 g/mol. The number of hydrogen-bond donors (Lipinski definition) is 1. The largest absolute Gasteiger partial charge is 0.395 e. The molecule has 0 bridgehead atoms. The summed E-state index contributed by atoms with van der Waals surface area (Å²) in [5.41, 5.74) is 1.34. The van der Waals surface area contributed by atoms with Gasteiger partial charge < -0.3 is 5.11 Å². The standard InChI is InChI=1S/C9H10OS/c10-6-8-9(11-8)7-4-2-1-3-5-7/h1-5,8-10H,6H2/t8-,9-/m0/s1. The van der Waals surface area contributed by atoms with Crippen LogP contribution in [0.15, 0.2) is 30.3 Å². The predicted octanol–water partition coefficient (Wildman–Crippen LogP) is 1.84. The second kappa shape index (κ2) is 2.88. The lowest BCUT2D eigenvalue weighted by Gasteiger charge is -1.94. The summed E-state index contributed by atoms with van der Waals surface area (Å²) in [6, 6.07) is 10.3. The van der Waals surface area contributed by atoms with E-state index in [0.717, 1.165) is 0 Å². The van der Waals surface area contributed by atoms with E-state index >= 15 is 0 Å². The van der Waals surface area contributed by atoms with Crippen molar-refractivity contribution in [1.29, 1.82) is 0 Å². The molecule has 1 saturated heterocycles. The molecule has 1 N–H and O–H groups in total. The van der Waals surface area contributed by atoms with Crippen LogP contribution in [0.2, 0.25) is 0 Å².